The van der Waals surface area contributed by atoms with Crippen molar-refractivity contribution < 1.29 is 43.3 Å². The number of rotatable bonds is 20. The van der Waals surface area contributed by atoms with Crippen molar-refractivity contribution in [3.05, 3.63) is 207 Å². The molecule has 8 rings (SSSR count). The zero-order chi connectivity index (χ0) is 49.9. The summed E-state index contributed by atoms with van der Waals surface area (Å²) in [5, 5.41) is 7.43. The van der Waals surface area contributed by atoms with Crippen molar-refractivity contribution in [1.29, 1.82) is 0 Å². The Bertz CT molecular complexity index is 2120. The zero-order valence-corrected chi connectivity index (χ0v) is 55.8. The van der Waals surface area contributed by atoms with Gasteiger partial charge in [-0.3, -0.25) is 0 Å². The molecule has 0 amide bonds. The van der Waals surface area contributed by atoms with E-state index in [1.807, 2.05) is 0 Å². The van der Waals surface area contributed by atoms with Crippen molar-refractivity contribution in [3.8, 4) is 0 Å². The Labute approximate surface area is 464 Å². The van der Waals surface area contributed by atoms with Crippen molar-refractivity contribution >= 4 is 89.0 Å². The molecule has 2 saturated heterocycles. The van der Waals surface area contributed by atoms with Crippen LogP contribution in [0.4, 0.5) is 22.7 Å². The van der Waals surface area contributed by atoms with Crippen LogP contribution >= 0.6 is 15.8 Å². The van der Waals surface area contributed by atoms with E-state index in [9.17, 15) is 0 Å². The second-order valence-electron chi connectivity index (χ2n) is 21.5. The Balaban J connectivity index is 0.000000212. The van der Waals surface area contributed by atoms with Crippen LogP contribution < -0.4 is 10.6 Å². The predicted molar refractivity (Wildman–Crippen MR) is 320 cm³/mol. The molecular formula is C56H76BN6P2Si4Ta2-5. The third-order valence-corrected chi connectivity index (χ3v) is 37.1. The molecule has 6 aromatic rings. The minimum absolute atomic E-state index is 0. The number of nitrogens with zero attached hydrogens (tertiary/aromatic N) is 6. The van der Waals surface area contributed by atoms with Gasteiger partial charge in [-0.2, -0.15) is 0 Å². The predicted octanol–water partition coefficient (Wildman–Crippen LogP) is 18.5. The van der Waals surface area contributed by atoms with Crippen LogP contribution in [0, 0.1) is 0 Å². The van der Waals surface area contributed by atoms with Crippen LogP contribution in [-0.4, -0.2) is 62.9 Å². The Morgan fingerprint density at radius 3 is 0.859 bits per heavy atom. The second-order valence-corrected chi connectivity index (χ2v) is 45.8. The molecule has 0 aliphatic carbocycles. The first-order chi connectivity index (χ1) is 33.6. The topological polar surface area (TPSA) is 82.9 Å². The van der Waals surface area contributed by atoms with Crippen molar-refractivity contribution in [2.45, 2.75) is 103 Å². The van der Waals surface area contributed by atoms with Gasteiger partial charge >= 0.3 is 86.7 Å². The van der Waals surface area contributed by atoms with E-state index in [1.165, 1.54) is 72.3 Å². The molecule has 0 atom stereocenters. The third kappa shape index (κ3) is 21.4. The standard InChI is InChI=1S/2C24H31N2PSi2.C8H14BN2.2Ta/c2*1-28(2,25-22-14-8-5-9-15-22)20-27(24-18-12-7-13-19-24)21-29(3,4)26-23-16-10-6-11-17-23;10-11-9-7-3-1-4-8(9)6-2-5-7;;/h2*5-19H,20-21H2,1-4H3;7-8H,1-6H2;;/q2*-2;-1;;. The Morgan fingerprint density at radius 2 is 0.634 bits per heavy atom. The van der Waals surface area contributed by atoms with E-state index in [1.54, 1.807) is 0 Å². The van der Waals surface area contributed by atoms with Crippen molar-refractivity contribution in [2.75, 3.05) is 23.1 Å². The van der Waals surface area contributed by atoms with Gasteiger partial charge in [0.1, 0.15) is 0 Å². The fourth-order valence-electron chi connectivity index (χ4n) is 10.1. The number of hydrogen-bond donors (Lipinski definition) is 0. The minimum atomic E-state index is -1.75. The normalized spacial score (nSPS) is 15.7. The number of benzene rings is 6. The summed E-state index contributed by atoms with van der Waals surface area (Å²) in [5.74, 6) is 6.63. The second kappa shape index (κ2) is 29.6. The van der Waals surface area contributed by atoms with Gasteiger partial charge in [0.15, 0.2) is 0 Å². The number of fused-ring (bicyclic) bond motifs is 2. The van der Waals surface area contributed by atoms with Gasteiger partial charge in [-0.15, -0.1) is 22.7 Å². The molecule has 2 bridgehead atoms. The fourth-order valence-corrected chi connectivity index (χ4v) is 37.0. The van der Waals surface area contributed by atoms with Gasteiger partial charge in [-0.05, 0) is 66.7 Å². The van der Waals surface area contributed by atoms with E-state index in [0.29, 0.717) is 6.85 Å². The van der Waals surface area contributed by atoms with Crippen LogP contribution in [0.1, 0.15) is 38.5 Å². The molecular weight excluding hydrogens is 1300 g/mol. The molecule has 6 aromatic carbocycles. The molecule has 374 valence electrons. The van der Waals surface area contributed by atoms with E-state index in [4.69, 9.17) is 19.9 Å². The number of hydrogen-bond acceptors (Lipinski definition) is 1. The van der Waals surface area contributed by atoms with Crippen LogP contribution in [0.25, 0.3) is 25.3 Å². The summed E-state index contributed by atoms with van der Waals surface area (Å²) in [6.45, 7) is 19.9. The van der Waals surface area contributed by atoms with Gasteiger partial charge < -0.3 is 19.9 Å². The van der Waals surface area contributed by atoms with E-state index in [-0.39, 0.29) is 38.2 Å². The van der Waals surface area contributed by atoms with Crippen molar-refractivity contribution in [1.82, 2.24) is 0 Å². The summed E-state index contributed by atoms with van der Waals surface area (Å²) in [6.07, 6.45) is 8.55. The molecule has 2 aliphatic heterocycles. The summed E-state index contributed by atoms with van der Waals surface area (Å²) in [7, 11) is -7.57. The monoisotopic (exact) mass is 1380 g/mol. The molecule has 0 unspecified atom stereocenters. The maximum atomic E-state index is 5.21. The first-order valence-corrected chi connectivity index (χ1v) is 42.8. The Morgan fingerprint density at radius 1 is 0.408 bits per heavy atom. The van der Waals surface area contributed by atoms with Crippen LogP contribution in [0.2, 0.25) is 64.0 Å². The van der Waals surface area contributed by atoms with Crippen molar-refractivity contribution in [2.24, 2.45) is 3.45 Å². The van der Waals surface area contributed by atoms with Gasteiger partial charge in [0, 0.05) is 22.4 Å². The summed E-state index contributed by atoms with van der Waals surface area (Å²) < 4.78 is 4.08. The fraction of sp³-hybridized carbons (Fsp3) is 0.357. The van der Waals surface area contributed by atoms with E-state index < -0.39 is 32.9 Å². The molecule has 15 heteroatoms. The van der Waals surface area contributed by atoms with Gasteiger partial charge in [-0.1, -0.05) is 250 Å². The zero-order valence-electron chi connectivity index (χ0n) is 43.6. The van der Waals surface area contributed by atoms with Gasteiger partial charge in [0.25, 0.3) is 0 Å². The average Bonchev–Trinajstić information content (AvgIpc) is 3.32. The third-order valence-electron chi connectivity index (χ3n) is 12.8. The average molecular weight is 1380 g/mol. The van der Waals surface area contributed by atoms with Gasteiger partial charge in [-0.25, -0.2) is 0 Å². The van der Waals surface area contributed by atoms with E-state index >= 15 is 0 Å². The Hall–Kier alpha value is -2.45. The first-order valence-electron chi connectivity index (χ1n) is 25.3. The molecule has 1 radical (unpaired) electrons. The first kappa shape index (κ1) is 59.4. The van der Waals surface area contributed by atoms with Crippen molar-refractivity contribution in [3.63, 3.8) is 0 Å². The van der Waals surface area contributed by atoms with E-state index in [0.717, 1.165) is 55.3 Å². The SMILES string of the molecule is C[Si](C)(CP(C[Si](C)(C)[N-]c1ccccc1)c1ccccc1)[N-]c1ccccc1.C[Si](C)(CP(C[Si](C)(C)[N-]c1ccccc1)c1ccccc1)[N-]c1ccccc1.[Ta].[Ta]=[N][N-]B1C2CCCC1CCC2. The molecule has 0 spiro atoms. The molecule has 2 fully saturated rings. The maximum absolute atomic E-state index is 5.21. The van der Waals surface area contributed by atoms with Gasteiger partial charge in [0.2, 0.25) is 0 Å². The van der Waals surface area contributed by atoms with E-state index in [2.05, 4.69) is 243 Å². The van der Waals surface area contributed by atoms with Crippen LogP contribution in [0.3, 0.4) is 0 Å². The molecule has 0 saturated carbocycles. The summed E-state index contributed by atoms with van der Waals surface area (Å²) in [5.41, 5.74) is 4.49. The quantitative estimate of drug-likeness (QED) is 0.0415. The molecule has 6 nitrogen and oxygen atoms in total. The van der Waals surface area contributed by atoms with Crippen LogP contribution in [-0.2, 0) is 43.3 Å². The summed E-state index contributed by atoms with van der Waals surface area (Å²) >= 11 is 1.07. The molecule has 0 N–H and O–H groups in total. The van der Waals surface area contributed by atoms with Crippen LogP contribution in [0.5, 0.6) is 0 Å². The molecule has 2 heterocycles. The molecule has 71 heavy (non-hydrogen) atoms. The Kier molecular flexibility index (Phi) is 24.8. The summed E-state index contributed by atoms with van der Waals surface area (Å²) in [6, 6.07) is 64.1. The molecule has 2 aliphatic rings. The summed E-state index contributed by atoms with van der Waals surface area (Å²) in [4.78, 5) is 20.8. The van der Waals surface area contributed by atoms with Crippen LogP contribution in [0.15, 0.2) is 185 Å². The molecule has 0 aromatic heterocycles. The van der Waals surface area contributed by atoms with Gasteiger partial charge in [0.05, 0.1) is 0 Å².